The number of hydrogen-bond donors (Lipinski definition) is 2. The number of fused-ring (bicyclic) bond motifs is 1. The van der Waals surface area contributed by atoms with Gasteiger partial charge in [0, 0.05) is 6.42 Å². The fourth-order valence-electron chi connectivity index (χ4n) is 3.55. The molecule has 2 aliphatic rings. The number of nitrogens with zero attached hydrogens (tertiary/aromatic N) is 6. The van der Waals surface area contributed by atoms with Crippen LogP contribution in [0, 0.1) is 6.92 Å². The lowest BCUT2D eigenvalue weighted by Gasteiger charge is -2.33. The molecule has 2 aliphatic heterocycles. The zero-order valence-corrected chi connectivity index (χ0v) is 15.5. The van der Waals surface area contributed by atoms with Gasteiger partial charge < -0.3 is 19.7 Å². The Morgan fingerprint density at radius 3 is 2.38 bits per heavy atom. The smallest absolute Gasteiger partial charge is 0.328 e. The highest BCUT2D eigenvalue weighted by Crippen LogP contribution is 2.27. The number of carbonyl (C=O) groups excluding carboxylic acids is 1. The van der Waals surface area contributed by atoms with E-state index in [0.29, 0.717) is 17.3 Å². The Hall–Kier alpha value is -3.76. The summed E-state index contributed by atoms with van der Waals surface area (Å²) in [7, 11) is 0. The number of para-hydroxylation sites is 1. The topological polar surface area (TPSA) is 141 Å². The highest BCUT2D eigenvalue weighted by atomic mass is 16.4. The van der Waals surface area contributed by atoms with Crippen LogP contribution >= 0.6 is 0 Å². The Balaban J connectivity index is 1.66. The van der Waals surface area contributed by atoms with Gasteiger partial charge in [-0.15, -0.1) is 10.2 Å². The van der Waals surface area contributed by atoms with Crippen LogP contribution in [0.25, 0.3) is 0 Å². The molecule has 2 unspecified atom stereocenters. The molecule has 0 fully saturated rings. The maximum absolute atomic E-state index is 13.1. The van der Waals surface area contributed by atoms with Crippen molar-refractivity contribution in [2.45, 2.75) is 38.5 Å². The molecule has 0 radical (unpaired) electrons. The second kappa shape index (κ2) is 7.00. The second-order valence-electron chi connectivity index (χ2n) is 6.85. The number of aromatic nitrogens is 3. The van der Waals surface area contributed by atoms with Crippen LogP contribution in [0.3, 0.4) is 0 Å². The Bertz CT molecular complexity index is 1020. The average Bonchev–Trinajstić information content (AvgIpc) is 3.31. The summed E-state index contributed by atoms with van der Waals surface area (Å²) in [5.74, 6) is -1.86. The third-order valence-corrected chi connectivity index (χ3v) is 5.06. The molecule has 11 nitrogen and oxygen atoms in total. The Morgan fingerprint density at radius 2 is 1.72 bits per heavy atom. The highest BCUT2D eigenvalue weighted by molar-refractivity contribution is 6.40. The van der Waals surface area contributed by atoms with E-state index < -0.39 is 29.9 Å². The van der Waals surface area contributed by atoms with E-state index >= 15 is 0 Å². The Morgan fingerprint density at radius 1 is 1.03 bits per heavy atom. The quantitative estimate of drug-likeness (QED) is 0.739. The summed E-state index contributed by atoms with van der Waals surface area (Å²) in [5.41, 5.74) is 0.531. The molecule has 0 saturated heterocycles. The van der Waals surface area contributed by atoms with Crippen LogP contribution < -0.4 is 5.01 Å². The molecule has 2 N–H and O–H groups in total. The number of hydrogen-bond acceptors (Lipinski definition) is 7. The molecule has 1 amide bonds. The van der Waals surface area contributed by atoms with Crippen molar-refractivity contribution in [3.05, 3.63) is 42.0 Å². The lowest BCUT2D eigenvalue weighted by Crippen LogP contribution is -2.52. The van der Waals surface area contributed by atoms with Crippen LogP contribution in [0.4, 0.5) is 5.69 Å². The van der Waals surface area contributed by atoms with Gasteiger partial charge in [-0.25, -0.2) is 9.59 Å². The largest absolute Gasteiger partial charge is 0.480 e. The Kier molecular flexibility index (Phi) is 4.49. The van der Waals surface area contributed by atoms with Crippen molar-refractivity contribution < 1.29 is 24.6 Å². The first-order valence-corrected chi connectivity index (χ1v) is 8.94. The first-order chi connectivity index (χ1) is 13.9. The third-order valence-electron chi connectivity index (χ3n) is 5.06. The molecule has 4 rings (SSSR count). The molecule has 1 aromatic carbocycles. The first-order valence-electron chi connectivity index (χ1n) is 8.94. The van der Waals surface area contributed by atoms with E-state index in [4.69, 9.17) is 0 Å². The van der Waals surface area contributed by atoms with Gasteiger partial charge in [0.05, 0.1) is 18.8 Å². The number of carboxylic acids is 2. The molecule has 1 aromatic heterocycles. The van der Waals surface area contributed by atoms with Gasteiger partial charge >= 0.3 is 11.9 Å². The number of carboxylic acid groups (broad SMARTS) is 2. The van der Waals surface area contributed by atoms with Crippen LogP contribution in [0.5, 0.6) is 0 Å². The van der Waals surface area contributed by atoms with Gasteiger partial charge in [-0.3, -0.25) is 9.80 Å². The molecule has 3 heterocycles. The maximum atomic E-state index is 13.1. The number of anilines is 1. The number of aliphatic carboxylic acids is 2. The normalized spacial score (nSPS) is 20.9. The van der Waals surface area contributed by atoms with E-state index in [0.717, 1.165) is 4.90 Å². The molecule has 2 atom stereocenters. The maximum Gasteiger partial charge on any atom is 0.328 e. The highest BCUT2D eigenvalue weighted by Gasteiger charge is 2.42. The van der Waals surface area contributed by atoms with Gasteiger partial charge in [-0.2, -0.15) is 5.10 Å². The predicted octanol–water partition coefficient (Wildman–Crippen LogP) is 0.101. The molecule has 0 aliphatic carbocycles. The summed E-state index contributed by atoms with van der Waals surface area (Å²) in [6, 6.07) is 6.48. The summed E-state index contributed by atoms with van der Waals surface area (Å²) < 4.78 is 1.66. The zero-order chi connectivity index (χ0) is 20.7. The Labute approximate surface area is 164 Å². The van der Waals surface area contributed by atoms with Crippen LogP contribution in [0.2, 0.25) is 0 Å². The van der Waals surface area contributed by atoms with Crippen molar-refractivity contribution in [2.24, 2.45) is 5.10 Å². The zero-order valence-electron chi connectivity index (χ0n) is 15.5. The minimum Gasteiger partial charge on any atom is -0.480 e. The minimum absolute atomic E-state index is 0.00260. The van der Waals surface area contributed by atoms with Gasteiger partial charge in [0.2, 0.25) is 0 Å². The van der Waals surface area contributed by atoms with Crippen LogP contribution in [-0.2, 0) is 27.5 Å². The summed E-state index contributed by atoms with van der Waals surface area (Å²) >= 11 is 0. The lowest BCUT2D eigenvalue weighted by molar-refractivity contribution is -0.150. The van der Waals surface area contributed by atoms with Gasteiger partial charge in [0.1, 0.15) is 17.6 Å². The van der Waals surface area contributed by atoms with E-state index in [1.54, 1.807) is 41.8 Å². The van der Waals surface area contributed by atoms with Gasteiger partial charge in [0.25, 0.3) is 5.91 Å². The van der Waals surface area contributed by atoms with Crippen molar-refractivity contribution in [3.63, 3.8) is 0 Å². The molecule has 0 saturated carbocycles. The fraction of sp³-hybridized carbons (Fsp3) is 0.333. The van der Waals surface area contributed by atoms with Crippen molar-refractivity contribution >= 4 is 29.2 Å². The summed E-state index contributed by atoms with van der Waals surface area (Å²) in [4.78, 5) is 37.8. The van der Waals surface area contributed by atoms with Crippen LogP contribution in [0.15, 0.2) is 35.4 Å². The van der Waals surface area contributed by atoms with Crippen molar-refractivity contribution in [1.82, 2.24) is 19.7 Å². The summed E-state index contributed by atoms with van der Waals surface area (Å²) in [6.45, 7) is 1.69. The molecule has 11 heteroatoms. The van der Waals surface area contributed by atoms with Gasteiger partial charge in [0.15, 0.2) is 11.9 Å². The predicted molar refractivity (Wildman–Crippen MR) is 99.1 cm³/mol. The fourth-order valence-corrected chi connectivity index (χ4v) is 3.55. The van der Waals surface area contributed by atoms with Crippen LogP contribution in [0.1, 0.15) is 18.1 Å². The van der Waals surface area contributed by atoms with E-state index in [1.165, 1.54) is 5.01 Å². The monoisotopic (exact) mass is 398 g/mol. The number of rotatable bonds is 4. The van der Waals surface area contributed by atoms with Crippen molar-refractivity contribution in [1.29, 1.82) is 0 Å². The number of benzene rings is 1. The average molecular weight is 398 g/mol. The van der Waals surface area contributed by atoms with Gasteiger partial charge in [-0.05, 0) is 19.1 Å². The van der Waals surface area contributed by atoms with Crippen molar-refractivity contribution in [3.8, 4) is 0 Å². The third kappa shape index (κ3) is 3.20. The number of hydrazone groups is 1. The number of amides is 1. The van der Waals surface area contributed by atoms with E-state index in [-0.39, 0.29) is 25.2 Å². The molecule has 150 valence electrons. The van der Waals surface area contributed by atoms with E-state index in [9.17, 15) is 24.6 Å². The lowest BCUT2D eigenvalue weighted by atomic mass is 10.1. The molecule has 0 bridgehead atoms. The standard InChI is InChI=1S/C18H18N6O5/c1-10-19-20-15-9-23(14(18(28)29)8-22(10)15)16(25)12-7-13(17(26)27)24(21-12)11-5-3-2-4-6-11/h2-6,13-14H,7-9H2,1H3,(H,26,27)(H,28,29). The van der Waals surface area contributed by atoms with E-state index in [2.05, 4.69) is 15.3 Å². The molecular weight excluding hydrogens is 380 g/mol. The van der Waals surface area contributed by atoms with Crippen LogP contribution in [-0.4, -0.2) is 65.5 Å². The summed E-state index contributed by atoms with van der Waals surface area (Å²) in [6.07, 6.45) is -0.127. The molecule has 0 spiro atoms. The molecule has 29 heavy (non-hydrogen) atoms. The summed E-state index contributed by atoms with van der Waals surface area (Å²) in [5, 5.41) is 32.7. The molecule has 2 aromatic rings. The molecular formula is C18H18N6O5. The number of aryl methyl sites for hydroxylation is 1. The van der Waals surface area contributed by atoms with Gasteiger partial charge in [-0.1, -0.05) is 18.2 Å². The first kappa shape index (κ1) is 18.6. The second-order valence-corrected chi connectivity index (χ2v) is 6.85. The minimum atomic E-state index is -1.16. The SMILES string of the molecule is Cc1nnc2n1CC(C(=O)O)N(C(=O)C1=NN(c3ccccc3)C(C(=O)O)C1)C2. The van der Waals surface area contributed by atoms with Crippen molar-refractivity contribution in [2.75, 3.05) is 5.01 Å². The van der Waals surface area contributed by atoms with E-state index in [1.807, 2.05) is 0 Å². The number of carbonyl (C=O) groups is 3.